The molecule has 0 bridgehead atoms. The van der Waals surface area contributed by atoms with Gasteiger partial charge in [0.25, 0.3) is 5.91 Å². The highest BCUT2D eigenvalue weighted by molar-refractivity contribution is 5.95. The summed E-state index contributed by atoms with van der Waals surface area (Å²) in [5.74, 6) is -0.210. The van der Waals surface area contributed by atoms with Gasteiger partial charge in [0, 0.05) is 22.5 Å². The van der Waals surface area contributed by atoms with Gasteiger partial charge in [0.2, 0.25) is 0 Å². The normalized spacial score (nSPS) is 11.1. The van der Waals surface area contributed by atoms with Crippen LogP contribution < -0.4 is 5.43 Å². The summed E-state index contributed by atoms with van der Waals surface area (Å²) in [6.45, 7) is 10.4. The van der Waals surface area contributed by atoms with Gasteiger partial charge >= 0.3 is 0 Å². The SMILES string of the molecule is Cc1cccc(C(=O)NN=Cc2cc(C)n(-c3c(C)cccc3C)c2C)c1. The molecule has 1 amide bonds. The minimum absolute atomic E-state index is 0.210. The van der Waals surface area contributed by atoms with E-state index in [0.29, 0.717) is 5.56 Å². The first kappa shape index (κ1) is 18.6. The van der Waals surface area contributed by atoms with Crippen molar-refractivity contribution >= 4 is 12.1 Å². The lowest BCUT2D eigenvalue weighted by molar-refractivity contribution is 0.0955. The maximum absolute atomic E-state index is 12.2. The third kappa shape index (κ3) is 3.85. The van der Waals surface area contributed by atoms with Crippen molar-refractivity contribution in [1.29, 1.82) is 0 Å². The number of hydrogen-bond acceptors (Lipinski definition) is 2. The Balaban J connectivity index is 1.85. The van der Waals surface area contributed by atoms with Gasteiger partial charge in [0.1, 0.15) is 0 Å². The summed E-state index contributed by atoms with van der Waals surface area (Å²) < 4.78 is 2.24. The van der Waals surface area contributed by atoms with Gasteiger partial charge in [-0.25, -0.2) is 5.43 Å². The van der Waals surface area contributed by atoms with Gasteiger partial charge in [-0.15, -0.1) is 0 Å². The zero-order valence-corrected chi connectivity index (χ0v) is 16.5. The van der Waals surface area contributed by atoms with Crippen LogP contribution in [0.25, 0.3) is 5.69 Å². The predicted molar refractivity (Wildman–Crippen MR) is 111 cm³/mol. The maximum Gasteiger partial charge on any atom is 0.271 e. The molecule has 4 nitrogen and oxygen atoms in total. The number of aromatic nitrogens is 1. The van der Waals surface area contributed by atoms with Gasteiger partial charge in [0.05, 0.1) is 11.9 Å². The maximum atomic E-state index is 12.2. The van der Waals surface area contributed by atoms with Gasteiger partial charge < -0.3 is 4.57 Å². The van der Waals surface area contributed by atoms with Gasteiger partial charge in [-0.1, -0.05) is 35.9 Å². The molecule has 4 heteroatoms. The molecule has 3 aromatic rings. The zero-order chi connectivity index (χ0) is 19.6. The Bertz CT molecular complexity index is 1010. The molecule has 1 N–H and O–H groups in total. The van der Waals surface area contributed by atoms with Crippen molar-refractivity contribution in [2.45, 2.75) is 34.6 Å². The molecule has 0 unspecified atom stereocenters. The third-order valence-corrected chi connectivity index (χ3v) is 4.78. The van der Waals surface area contributed by atoms with Crippen LogP contribution in [0.2, 0.25) is 0 Å². The molecule has 0 aliphatic rings. The Hall–Kier alpha value is -3.14. The van der Waals surface area contributed by atoms with Crippen LogP contribution in [0.1, 0.15) is 44.0 Å². The minimum atomic E-state index is -0.210. The summed E-state index contributed by atoms with van der Waals surface area (Å²) in [6.07, 6.45) is 1.71. The lowest BCUT2D eigenvalue weighted by Gasteiger charge is -2.15. The van der Waals surface area contributed by atoms with Crippen LogP contribution in [0, 0.1) is 34.6 Å². The molecule has 0 aliphatic carbocycles. The lowest BCUT2D eigenvalue weighted by atomic mass is 10.1. The van der Waals surface area contributed by atoms with Crippen molar-refractivity contribution in [2.75, 3.05) is 0 Å². The molecular weight excluding hydrogens is 334 g/mol. The number of hydrogen-bond donors (Lipinski definition) is 1. The van der Waals surface area contributed by atoms with Crippen molar-refractivity contribution in [1.82, 2.24) is 9.99 Å². The molecule has 2 aromatic carbocycles. The van der Waals surface area contributed by atoms with E-state index in [2.05, 4.69) is 67.1 Å². The van der Waals surface area contributed by atoms with Crippen LogP contribution in [-0.2, 0) is 0 Å². The van der Waals surface area contributed by atoms with E-state index >= 15 is 0 Å². The number of hydrazone groups is 1. The Labute approximate surface area is 160 Å². The highest BCUT2D eigenvalue weighted by Crippen LogP contribution is 2.25. The summed E-state index contributed by atoms with van der Waals surface area (Å²) in [5.41, 5.74) is 11.1. The number of nitrogens with zero attached hydrogens (tertiary/aromatic N) is 2. The molecule has 3 rings (SSSR count). The second kappa shape index (κ2) is 7.62. The Morgan fingerprint density at radius 3 is 2.30 bits per heavy atom. The van der Waals surface area contributed by atoms with Crippen molar-refractivity contribution in [2.24, 2.45) is 5.10 Å². The van der Waals surface area contributed by atoms with Crippen LogP contribution in [0.4, 0.5) is 0 Å². The van der Waals surface area contributed by atoms with Crippen LogP contribution in [-0.4, -0.2) is 16.7 Å². The number of nitrogens with one attached hydrogen (secondary N) is 1. The molecule has 0 radical (unpaired) electrons. The Morgan fingerprint density at radius 2 is 1.63 bits per heavy atom. The fraction of sp³-hybridized carbons (Fsp3) is 0.217. The summed E-state index contributed by atoms with van der Waals surface area (Å²) in [4.78, 5) is 12.2. The highest BCUT2D eigenvalue weighted by Gasteiger charge is 2.13. The largest absolute Gasteiger partial charge is 0.317 e. The number of carbonyl (C=O) groups is 1. The minimum Gasteiger partial charge on any atom is -0.317 e. The quantitative estimate of drug-likeness (QED) is 0.529. The van der Waals surface area contributed by atoms with Gasteiger partial charge in [-0.3, -0.25) is 4.79 Å². The van der Waals surface area contributed by atoms with E-state index in [1.807, 2.05) is 25.1 Å². The lowest BCUT2D eigenvalue weighted by Crippen LogP contribution is -2.17. The fourth-order valence-corrected chi connectivity index (χ4v) is 3.43. The Morgan fingerprint density at radius 1 is 0.963 bits per heavy atom. The number of carbonyl (C=O) groups excluding carboxylic acids is 1. The molecule has 1 heterocycles. The van der Waals surface area contributed by atoms with E-state index < -0.39 is 0 Å². The number of rotatable bonds is 4. The molecule has 0 saturated carbocycles. The number of amides is 1. The van der Waals surface area contributed by atoms with E-state index in [1.165, 1.54) is 16.8 Å². The van der Waals surface area contributed by atoms with Crippen LogP contribution in [0.3, 0.4) is 0 Å². The van der Waals surface area contributed by atoms with E-state index in [1.54, 1.807) is 12.3 Å². The second-order valence-electron chi connectivity index (χ2n) is 6.97. The van der Waals surface area contributed by atoms with Crippen molar-refractivity contribution < 1.29 is 4.79 Å². The number of para-hydroxylation sites is 1. The first-order chi connectivity index (χ1) is 12.9. The number of benzene rings is 2. The summed E-state index contributed by atoms with van der Waals surface area (Å²) >= 11 is 0. The molecule has 1 aromatic heterocycles. The molecule has 0 atom stereocenters. The van der Waals surface area contributed by atoms with E-state index in [0.717, 1.165) is 22.5 Å². The van der Waals surface area contributed by atoms with Gasteiger partial charge in [-0.05, 0) is 63.9 Å². The highest BCUT2D eigenvalue weighted by atomic mass is 16.2. The monoisotopic (exact) mass is 359 g/mol. The standard InChI is InChI=1S/C23H25N3O/c1-15-8-6-11-20(12-15)23(27)25-24-14-21-13-18(4)26(19(21)5)22-16(2)9-7-10-17(22)3/h6-14H,1-5H3,(H,25,27). The smallest absolute Gasteiger partial charge is 0.271 e. The van der Waals surface area contributed by atoms with Crippen molar-refractivity contribution in [3.63, 3.8) is 0 Å². The predicted octanol–water partition coefficient (Wildman–Crippen LogP) is 4.78. The summed E-state index contributed by atoms with van der Waals surface area (Å²) in [6, 6.07) is 15.9. The molecule has 0 saturated heterocycles. The molecule has 0 fully saturated rings. The van der Waals surface area contributed by atoms with Crippen LogP contribution in [0.5, 0.6) is 0 Å². The first-order valence-electron chi connectivity index (χ1n) is 9.04. The average molecular weight is 359 g/mol. The first-order valence-corrected chi connectivity index (χ1v) is 9.04. The molecule has 27 heavy (non-hydrogen) atoms. The van der Waals surface area contributed by atoms with Crippen molar-refractivity contribution in [3.05, 3.63) is 87.7 Å². The second-order valence-corrected chi connectivity index (χ2v) is 6.97. The summed E-state index contributed by atoms with van der Waals surface area (Å²) in [5, 5.41) is 4.16. The van der Waals surface area contributed by atoms with E-state index in [-0.39, 0.29) is 5.91 Å². The van der Waals surface area contributed by atoms with E-state index in [4.69, 9.17) is 0 Å². The average Bonchev–Trinajstić information content (AvgIpc) is 2.89. The fourth-order valence-electron chi connectivity index (χ4n) is 3.43. The summed E-state index contributed by atoms with van der Waals surface area (Å²) in [7, 11) is 0. The molecule has 0 aliphatic heterocycles. The van der Waals surface area contributed by atoms with Crippen LogP contribution in [0.15, 0.2) is 53.6 Å². The topological polar surface area (TPSA) is 46.4 Å². The zero-order valence-electron chi connectivity index (χ0n) is 16.5. The number of aryl methyl sites for hydroxylation is 4. The van der Waals surface area contributed by atoms with E-state index in [9.17, 15) is 4.79 Å². The molecular formula is C23H25N3O. The third-order valence-electron chi connectivity index (χ3n) is 4.78. The molecule has 138 valence electrons. The van der Waals surface area contributed by atoms with Gasteiger partial charge in [0.15, 0.2) is 0 Å². The van der Waals surface area contributed by atoms with Crippen molar-refractivity contribution in [3.8, 4) is 5.69 Å². The van der Waals surface area contributed by atoms with Gasteiger partial charge in [-0.2, -0.15) is 5.10 Å². The molecule has 0 spiro atoms. The Kier molecular flexibility index (Phi) is 5.26. The van der Waals surface area contributed by atoms with Crippen LogP contribution >= 0.6 is 0 Å².